The second-order valence-electron chi connectivity index (χ2n) is 4.46. The SMILES string of the molecule is CCN(CC)CCNCCOCc1cccc(Cl)c1. The van der Waals surface area contributed by atoms with Crippen LogP contribution in [0.25, 0.3) is 0 Å². The molecule has 0 saturated carbocycles. The van der Waals surface area contributed by atoms with Crippen LogP contribution in [-0.2, 0) is 11.3 Å². The van der Waals surface area contributed by atoms with Gasteiger partial charge in [-0.3, -0.25) is 0 Å². The smallest absolute Gasteiger partial charge is 0.0718 e. The number of rotatable bonds is 10. The lowest BCUT2D eigenvalue weighted by molar-refractivity contribution is 0.122. The number of halogens is 1. The first-order valence-electron chi connectivity index (χ1n) is 7.01. The van der Waals surface area contributed by atoms with Gasteiger partial charge in [-0.25, -0.2) is 0 Å². The molecule has 0 aliphatic heterocycles. The maximum absolute atomic E-state index is 5.91. The van der Waals surface area contributed by atoms with Gasteiger partial charge in [-0.05, 0) is 30.8 Å². The molecule has 0 bridgehead atoms. The summed E-state index contributed by atoms with van der Waals surface area (Å²) in [6.45, 7) is 11.0. The van der Waals surface area contributed by atoms with Gasteiger partial charge in [-0.1, -0.05) is 37.6 Å². The van der Waals surface area contributed by atoms with Gasteiger partial charge in [0.25, 0.3) is 0 Å². The third-order valence-electron chi connectivity index (χ3n) is 3.08. The maximum atomic E-state index is 5.91. The highest BCUT2D eigenvalue weighted by molar-refractivity contribution is 6.30. The van der Waals surface area contributed by atoms with Gasteiger partial charge in [-0.15, -0.1) is 0 Å². The first-order chi connectivity index (χ1) is 9.26. The van der Waals surface area contributed by atoms with E-state index >= 15 is 0 Å². The molecule has 0 atom stereocenters. The van der Waals surface area contributed by atoms with Crippen LogP contribution >= 0.6 is 11.6 Å². The molecule has 0 fully saturated rings. The van der Waals surface area contributed by atoms with Crippen LogP contribution in [0.2, 0.25) is 5.02 Å². The Bertz CT molecular complexity index is 343. The lowest BCUT2D eigenvalue weighted by atomic mass is 10.2. The molecule has 0 aliphatic rings. The van der Waals surface area contributed by atoms with Gasteiger partial charge < -0.3 is 15.0 Å². The Morgan fingerprint density at radius 1 is 1.21 bits per heavy atom. The molecule has 0 aromatic heterocycles. The molecule has 0 unspecified atom stereocenters. The van der Waals surface area contributed by atoms with Gasteiger partial charge in [0.2, 0.25) is 0 Å². The van der Waals surface area contributed by atoms with Crippen LogP contribution < -0.4 is 5.32 Å². The second-order valence-corrected chi connectivity index (χ2v) is 4.90. The molecule has 3 nitrogen and oxygen atoms in total. The van der Waals surface area contributed by atoms with Crippen molar-refractivity contribution >= 4 is 11.6 Å². The van der Waals surface area contributed by atoms with Crippen LogP contribution in [0.5, 0.6) is 0 Å². The summed E-state index contributed by atoms with van der Waals surface area (Å²) in [5, 5.41) is 4.15. The summed E-state index contributed by atoms with van der Waals surface area (Å²) in [7, 11) is 0. The zero-order valence-electron chi connectivity index (χ0n) is 12.0. The molecule has 0 spiro atoms. The van der Waals surface area contributed by atoms with Crippen LogP contribution in [-0.4, -0.2) is 44.2 Å². The van der Waals surface area contributed by atoms with Gasteiger partial charge in [0.05, 0.1) is 13.2 Å². The highest BCUT2D eigenvalue weighted by atomic mass is 35.5. The zero-order valence-corrected chi connectivity index (χ0v) is 12.7. The molecule has 4 heteroatoms. The van der Waals surface area contributed by atoms with Gasteiger partial charge in [0.15, 0.2) is 0 Å². The number of benzene rings is 1. The van der Waals surface area contributed by atoms with Crippen molar-refractivity contribution in [2.75, 3.05) is 39.3 Å². The van der Waals surface area contributed by atoms with Gasteiger partial charge in [0, 0.05) is 24.7 Å². The average molecular weight is 285 g/mol. The Morgan fingerprint density at radius 2 is 2.00 bits per heavy atom. The number of likely N-dealkylation sites (N-methyl/N-ethyl adjacent to an activating group) is 1. The molecular weight excluding hydrogens is 260 g/mol. The summed E-state index contributed by atoms with van der Waals surface area (Å²) in [4.78, 5) is 2.40. The summed E-state index contributed by atoms with van der Waals surface area (Å²) in [5.41, 5.74) is 1.12. The maximum Gasteiger partial charge on any atom is 0.0718 e. The lowest BCUT2D eigenvalue weighted by Gasteiger charge is -2.17. The standard InChI is InChI=1S/C15H25ClN2O/c1-3-18(4-2)10-8-17-9-11-19-13-14-6-5-7-15(16)12-14/h5-7,12,17H,3-4,8-11,13H2,1-2H3. The number of nitrogens with one attached hydrogen (secondary N) is 1. The molecule has 1 rings (SSSR count). The first kappa shape index (κ1) is 16.4. The van der Waals surface area contributed by atoms with Crippen LogP contribution in [0.4, 0.5) is 0 Å². The van der Waals surface area contributed by atoms with E-state index in [1.807, 2.05) is 24.3 Å². The van der Waals surface area contributed by atoms with Crippen molar-refractivity contribution in [3.05, 3.63) is 34.9 Å². The van der Waals surface area contributed by atoms with Crippen LogP contribution in [0.1, 0.15) is 19.4 Å². The van der Waals surface area contributed by atoms with Crippen molar-refractivity contribution in [3.8, 4) is 0 Å². The van der Waals surface area contributed by atoms with Crippen molar-refractivity contribution in [3.63, 3.8) is 0 Å². The minimum absolute atomic E-state index is 0.623. The fraction of sp³-hybridized carbons (Fsp3) is 0.600. The minimum atomic E-state index is 0.623. The quantitative estimate of drug-likeness (QED) is 0.669. The Labute approximate surface area is 121 Å². The predicted octanol–water partition coefficient (Wildman–Crippen LogP) is 2.79. The molecule has 0 saturated heterocycles. The number of ether oxygens (including phenoxy) is 1. The third-order valence-corrected chi connectivity index (χ3v) is 3.32. The summed E-state index contributed by atoms with van der Waals surface area (Å²) < 4.78 is 5.60. The van der Waals surface area contributed by atoms with Crippen molar-refractivity contribution in [2.45, 2.75) is 20.5 Å². The van der Waals surface area contributed by atoms with Crippen molar-refractivity contribution in [1.29, 1.82) is 0 Å². The van der Waals surface area contributed by atoms with Crippen LogP contribution in [0.3, 0.4) is 0 Å². The molecule has 1 N–H and O–H groups in total. The van der Waals surface area contributed by atoms with Gasteiger partial charge >= 0.3 is 0 Å². The molecular formula is C15H25ClN2O. The van der Waals surface area contributed by atoms with Gasteiger partial charge in [0.1, 0.15) is 0 Å². The van der Waals surface area contributed by atoms with E-state index in [9.17, 15) is 0 Å². The van der Waals surface area contributed by atoms with E-state index in [1.54, 1.807) is 0 Å². The highest BCUT2D eigenvalue weighted by Gasteiger charge is 1.98. The number of hydrogen-bond donors (Lipinski definition) is 1. The van der Waals surface area contributed by atoms with Crippen LogP contribution in [0.15, 0.2) is 24.3 Å². The minimum Gasteiger partial charge on any atom is -0.375 e. The van der Waals surface area contributed by atoms with E-state index < -0.39 is 0 Å². The Hall–Kier alpha value is -0.610. The van der Waals surface area contributed by atoms with Crippen molar-refractivity contribution < 1.29 is 4.74 Å². The summed E-state index contributed by atoms with van der Waals surface area (Å²) in [5.74, 6) is 0. The topological polar surface area (TPSA) is 24.5 Å². The molecule has 0 radical (unpaired) electrons. The molecule has 19 heavy (non-hydrogen) atoms. The third kappa shape index (κ3) is 7.53. The predicted molar refractivity (Wildman–Crippen MR) is 81.8 cm³/mol. The van der Waals surface area contributed by atoms with Crippen molar-refractivity contribution in [2.24, 2.45) is 0 Å². The van der Waals surface area contributed by atoms with E-state index in [1.165, 1.54) is 0 Å². The first-order valence-corrected chi connectivity index (χ1v) is 7.39. The summed E-state index contributed by atoms with van der Waals surface area (Å²) in [6, 6.07) is 7.79. The molecule has 0 amide bonds. The fourth-order valence-corrected chi connectivity index (χ4v) is 2.08. The molecule has 0 heterocycles. The number of nitrogens with zero attached hydrogens (tertiary/aromatic N) is 1. The Balaban J connectivity index is 1.99. The van der Waals surface area contributed by atoms with Crippen LogP contribution in [0, 0.1) is 0 Å². The van der Waals surface area contributed by atoms with E-state index in [0.29, 0.717) is 6.61 Å². The average Bonchev–Trinajstić information content (AvgIpc) is 2.42. The van der Waals surface area contributed by atoms with E-state index in [2.05, 4.69) is 24.1 Å². The fourth-order valence-electron chi connectivity index (χ4n) is 1.86. The number of hydrogen-bond acceptors (Lipinski definition) is 3. The zero-order chi connectivity index (χ0) is 13.9. The van der Waals surface area contributed by atoms with Crippen molar-refractivity contribution in [1.82, 2.24) is 10.2 Å². The molecule has 1 aromatic rings. The highest BCUT2D eigenvalue weighted by Crippen LogP contribution is 2.11. The monoisotopic (exact) mass is 284 g/mol. The molecule has 1 aromatic carbocycles. The molecule has 0 aliphatic carbocycles. The Kier molecular flexibility index (Phi) is 8.84. The lowest BCUT2D eigenvalue weighted by Crippen LogP contribution is -2.33. The van der Waals surface area contributed by atoms with Gasteiger partial charge in [-0.2, -0.15) is 0 Å². The van der Waals surface area contributed by atoms with E-state index in [0.717, 1.165) is 49.9 Å². The second kappa shape index (κ2) is 10.2. The van der Waals surface area contributed by atoms with E-state index in [4.69, 9.17) is 16.3 Å². The summed E-state index contributed by atoms with van der Waals surface area (Å²) in [6.07, 6.45) is 0. The Morgan fingerprint density at radius 3 is 2.68 bits per heavy atom. The van der Waals surface area contributed by atoms with E-state index in [-0.39, 0.29) is 0 Å². The summed E-state index contributed by atoms with van der Waals surface area (Å²) >= 11 is 5.91. The normalized spacial score (nSPS) is 11.2. The molecule has 108 valence electrons. The largest absolute Gasteiger partial charge is 0.375 e.